The van der Waals surface area contributed by atoms with Gasteiger partial charge in [0.25, 0.3) is 0 Å². The second-order valence-electron chi connectivity index (χ2n) is 5.52. The van der Waals surface area contributed by atoms with E-state index in [0.717, 1.165) is 16.1 Å². The van der Waals surface area contributed by atoms with Gasteiger partial charge in [0.2, 0.25) is 10.0 Å². The maximum absolute atomic E-state index is 12.8. The van der Waals surface area contributed by atoms with Gasteiger partial charge in [-0.1, -0.05) is 12.1 Å². The van der Waals surface area contributed by atoms with Gasteiger partial charge in [0.1, 0.15) is 10.6 Å². The zero-order valence-electron chi connectivity index (χ0n) is 14.5. The largest absolute Gasteiger partial charge is 0.494 e. The molecule has 0 spiro atoms. The number of nitrogens with zero attached hydrogens (tertiary/aromatic N) is 3. The molecular weight excluding hydrogens is 352 g/mol. The highest BCUT2D eigenvalue weighted by Gasteiger charge is 2.30. The summed E-state index contributed by atoms with van der Waals surface area (Å²) in [6.45, 7) is 2.55. The van der Waals surface area contributed by atoms with E-state index in [9.17, 15) is 17.2 Å². The van der Waals surface area contributed by atoms with E-state index in [-0.39, 0.29) is 10.6 Å². The summed E-state index contributed by atoms with van der Waals surface area (Å²) in [6, 6.07) is 6.58. The number of aromatic nitrogens is 2. The standard InChI is InChI=1S/C16H21F2N3O3S/c1-5-24-14-8-6-13(7-9-14)11(2)20(4)25(22,23)15-10-19-21(12(15)3)16(17)18/h6-11,16H,5H2,1-4H3/t11-/m1/s1. The second kappa shape index (κ2) is 7.49. The van der Waals surface area contributed by atoms with E-state index in [2.05, 4.69) is 5.10 Å². The monoisotopic (exact) mass is 373 g/mol. The first-order chi connectivity index (χ1) is 11.7. The molecule has 1 aromatic carbocycles. The Bertz CT molecular complexity index is 820. The van der Waals surface area contributed by atoms with Gasteiger partial charge in [0.05, 0.1) is 18.5 Å². The number of hydrogen-bond acceptors (Lipinski definition) is 4. The summed E-state index contributed by atoms with van der Waals surface area (Å²) in [5.41, 5.74) is 0.661. The van der Waals surface area contributed by atoms with Crippen molar-refractivity contribution in [2.45, 2.75) is 38.3 Å². The summed E-state index contributed by atoms with van der Waals surface area (Å²) in [4.78, 5) is -0.229. The van der Waals surface area contributed by atoms with Crippen LogP contribution in [0.4, 0.5) is 8.78 Å². The van der Waals surface area contributed by atoms with Crippen molar-refractivity contribution < 1.29 is 21.9 Å². The zero-order valence-corrected chi connectivity index (χ0v) is 15.3. The number of hydrogen-bond donors (Lipinski definition) is 0. The van der Waals surface area contributed by atoms with Gasteiger partial charge in [-0.3, -0.25) is 0 Å². The van der Waals surface area contributed by atoms with Gasteiger partial charge in [0.15, 0.2) is 0 Å². The molecular formula is C16H21F2N3O3S. The first kappa shape index (κ1) is 19.3. The molecule has 2 rings (SSSR count). The molecule has 0 aliphatic rings. The predicted octanol–water partition coefficient (Wildman–Crippen LogP) is 3.37. The first-order valence-electron chi connectivity index (χ1n) is 7.73. The minimum absolute atomic E-state index is 0.0965. The van der Waals surface area contributed by atoms with E-state index in [1.807, 2.05) is 6.92 Å². The van der Waals surface area contributed by atoms with Crippen LogP contribution in [0.3, 0.4) is 0 Å². The zero-order chi connectivity index (χ0) is 18.8. The van der Waals surface area contributed by atoms with Crippen LogP contribution in [0.25, 0.3) is 0 Å². The summed E-state index contributed by atoms with van der Waals surface area (Å²) >= 11 is 0. The van der Waals surface area contributed by atoms with E-state index in [4.69, 9.17) is 4.74 Å². The summed E-state index contributed by atoms with van der Waals surface area (Å²) in [5.74, 6) is 0.693. The van der Waals surface area contributed by atoms with Gasteiger partial charge in [-0.25, -0.2) is 13.1 Å². The van der Waals surface area contributed by atoms with Gasteiger partial charge in [-0.2, -0.15) is 18.2 Å². The fourth-order valence-electron chi connectivity index (χ4n) is 2.44. The summed E-state index contributed by atoms with van der Waals surface area (Å²) in [7, 11) is -2.55. The molecule has 0 saturated carbocycles. The van der Waals surface area contributed by atoms with E-state index in [1.165, 1.54) is 14.0 Å². The molecule has 0 N–H and O–H groups in total. The van der Waals surface area contributed by atoms with Gasteiger partial charge in [-0.15, -0.1) is 0 Å². The number of rotatable bonds is 7. The van der Waals surface area contributed by atoms with Crippen molar-refractivity contribution in [1.82, 2.24) is 14.1 Å². The van der Waals surface area contributed by atoms with Crippen molar-refractivity contribution in [2.75, 3.05) is 13.7 Å². The van der Waals surface area contributed by atoms with Gasteiger partial charge in [0, 0.05) is 13.1 Å². The molecule has 0 bridgehead atoms. The maximum Gasteiger partial charge on any atom is 0.333 e. The van der Waals surface area contributed by atoms with Crippen molar-refractivity contribution >= 4 is 10.0 Å². The number of benzene rings is 1. The van der Waals surface area contributed by atoms with Crippen molar-refractivity contribution in [3.05, 3.63) is 41.7 Å². The number of alkyl halides is 2. The van der Waals surface area contributed by atoms with Crippen LogP contribution >= 0.6 is 0 Å². The molecule has 6 nitrogen and oxygen atoms in total. The Balaban J connectivity index is 2.29. The predicted molar refractivity (Wildman–Crippen MR) is 89.2 cm³/mol. The van der Waals surface area contributed by atoms with E-state index in [0.29, 0.717) is 17.0 Å². The smallest absolute Gasteiger partial charge is 0.333 e. The molecule has 0 fully saturated rings. The molecule has 9 heteroatoms. The SMILES string of the molecule is CCOc1ccc([C@@H](C)N(C)S(=O)(=O)c2cnn(C(F)F)c2C)cc1. The molecule has 2 aromatic rings. The lowest BCUT2D eigenvalue weighted by Crippen LogP contribution is -2.30. The summed E-state index contributed by atoms with van der Waals surface area (Å²) in [5, 5.41) is 3.47. The Morgan fingerprint density at radius 2 is 1.88 bits per heavy atom. The quantitative estimate of drug-likeness (QED) is 0.746. The molecule has 1 atom stereocenters. The fraction of sp³-hybridized carbons (Fsp3) is 0.438. The maximum atomic E-state index is 12.8. The fourth-order valence-corrected chi connectivity index (χ4v) is 3.94. The average molecular weight is 373 g/mol. The molecule has 0 unspecified atom stereocenters. The highest BCUT2D eigenvalue weighted by molar-refractivity contribution is 7.89. The molecule has 1 aromatic heterocycles. The molecule has 0 amide bonds. The molecule has 0 radical (unpaired) electrons. The van der Waals surface area contributed by atoms with Crippen LogP contribution in [0.1, 0.15) is 37.7 Å². The Morgan fingerprint density at radius 3 is 2.36 bits per heavy atom. The third kappa shape index (κ3) is 3.82. The average Bonchev–Trinajstić information content (AvgIpc) is 2.97. The highest BCUT2D eigenvalue weighted by Crippen LogP contribution is 2.29. The third-order valence-electron chi connectivity index (χ3n) is 4.06. The minimum Gasteiger partial charge on any atom is -0.494 e. The third-order valence-corrected chi connectivity index (χ3v) is 6.09. The van der Waals surface area contributed by atoms with Crippen LogP contribution in [0.15, 0.2) is 35.4 Å². The van der Waals surface area contributed by atoms with Gasteiger partial charge in [-0.05, 0) is 38.5 Å². The second-order valence-corrected chi connectivity index (χ2v) is 7.48. The number of halogens is 2. The van der Waals surface area contributed by atoms with Crippen molar-refractivity contribution in [1.29, 1.82) is 0 Å². The lowest BCUT2D eigenvalue weighted by molar-refractivity contribution is 0.0541. The molecule has 0 saturated heterocycles. The lowest BCUT2D eigenvalue weighted by Gasteiger charge is -2.24. The van der Waals surface area contributed by atoms with E-state index >= 15 is 0 Å². The van der Waals surface area contributed by atoms with Crippen LogP contribution in [0.2, 0.25) is 0 Å². The Labute approximate surface area is 146 Å². The number of sulfonamides is 1. The topological polar surface area (TPSA) is 64.4 Å². The Kier molecular flexibility index (Phi) is 5.79. The Hall–Kier alpha value is -2.00. The minimum atomic E-state index is -3.96. The Morgan fingerprint density at radius 1 is 1.28 bits per heavy atom. The normalized spacial score (nSPS) is 13.4. The molecule has 138 valence electrons. The van der Waals surface area contributed by atoms with Gasteiger partial charge >= 0.3 is 6.55 Å². The van der Waals surface area contributed by atoms with E-state index in [1.54, 1.807) is 31.2 Å². The molecule has 0 aliphatic carbocycles. The van der Waals surface area contributed by atoms with Crippen LogP contribution in [-0.2, 0) is 10.0 Å². The molecule has 0 aliphatic heterocycles. The van der Waals surface area contributed by atoms with E-state index < -0.39 is 22.6 Å². The van der Waals surface area contributed by atoms with Crippen molar-refractivity contribution in [3.8, 4) is 5.75 Å². The summed E-state index contributed by atoms with van der Waals surface area (Å²) in [6.07, 6.45) is 0.957. The van der Waals surface area contributed by atoms with Crippen LogP contribution in [0.5, 0.6) is 5.75 Å². The molecule has 25 heavy (non-hydrogen) atoms. The summed E-state index contributed by atoms with van der Waals surface area (Å²) < 4.78 is 58.1. The first-order valence-corrected chi connectivity index (χ1v) is 9.17. The lowest BCUT2D eigenvalue weighted by atomic mass is 10.1. The highest BCUT2D eigenvalue weighted by atomic mass is 32.2. The number of ether oxygens (including phenoxy) is 1. The van der Waals surface area contributed by atoms with Crippen LogP contribution in [-0.4, -0.2) is 36.2 Å². The van der Waals surface area contributed by atoms with Crippen molar-refractivity contribution in [2.24, 2.45) is 0 Å². The van der Waals surface area contributed by atoms with Crippen LogP contribution in [0, 0.1) is 6.92 Å². The van der Waals surface area contributed by atoms with Crippen molar-refractivity contribution in [3.63, 3.8) is 0 Å². The van der Waals surface area contributed by atoms with Crippen LogP contribution < -0.4 is 4.74 Å². The van der Waals surface area contributed by atoms with Gasteiger partial charge < -0.3 is 4.74 Å². The molecule has 1 heterocycles.